The van der Waals surface area contributed by atoms with E-state index in [2.05, 4.69) is 0 Å². The van der Waals surface area contributed by atoms with Crippen LogP contribution in [0.5, 0.6) is 0 Å². The molecule has 0 saturated carbocycles. The molecular formula is C16H19F6NO2. The fourth-order valence-corrected chi connectivity index (χ4v) is 2.54. The van der Waals surface area contributed by atoms with Gasteiger partial charge in [0.15, 0.2) is 0 Å². The van der Waals surface area contributed by atoms with Crippen LogP contribution in [0.25, 0.3) is 0 Å². The number of aliphatic carboxylic acids is 1. The number of hydrogen-bond acceptors (Lipinski definition) is 2. The van der Waals surface area contributed by atoms with Crippen LogP contribution in [0.4, 0.5) is 26.3 Å². The molecule has 0 spiro atoms. The highest BCUT2D eigenvalue weighted by Crippen LogP contribution is 2.40. The Bertz CT molecular complexity index is 597. The Morgan fingerprint density at radius 1 is 1.12 bits per heavy atom. The first-order valence-electron chi connectivity index (χ1n) is 7.56. The van der Waals surface area contributed by atoms with Crippen molar-refractivity contribution in [3.63, 3.8) is 0 Å². The van der Waals surface area contributed by atoms with E-state index in [4.69, 9.17) is 10.8 Å². The Morgan fingerprint density at radius 2 is 1.68 bits per heavy atom. The van der Waals surface area contributed by atoms with Gasteiger partial charge < -0.3 is 10.8 Å². The molecule has 0 bridgehead atoms. The van der Waals surface area contributed by atoms with E-state index < -0.39 is 35.4 Å². The number of carboxylic acids is 1. The van der Waals surface area contributed by atoms with Crippen molar-refractivity contribution < 1.29 is 36.2 Å². The lowest BCUT2D eigenvalue weighted by molar-refractivity contribution is -0.162. The molecule has 142 valence electrons. The molecule has 9 heteroatoms. The molecular weight excluding hydrogens is 352 g/mol. The minimum absolute atomic E-state index is 0.0574. The third kappa shape index (κ3) is 6.22. The first-order chi connectivity index (χ1) is 11.4. The fraction of sp³-hybridized carbons (Fsp3) is 0.562. The molecule has 0 heterocycles. The maximum Gasteiger partial charge on any atom is 0.417 e. The highest BCUT2D eigenvalue weighted by Gasteiger charge is 2.43. The second-order valence-corrected chi connectivity index (χ2v) is 6.03. The maximum atomic E-state index is 12.9. The van der Waals surface area contributed by atoms with Crippen LogP contribution in [-0.4, -0.2) is 17.6 Å². The van der Waals surface area contributed by atoms with E-state index in [9.17, 15) is 31.1 Å². The van der Waals surface area contributed by atoms with Crippen LogP contribution >= 0.6 is 0 Å². The minimum Gasteiger partial charge on any atom is -0.481 e. The molecule has 2 unspecified atom stereocenters. The summed E-state index contributed by atoms with van der Waals surface area (Å²) < 4.78 is 76.8. The van der Waals surface area contributed by atoms with Gasteiger partial charge in [-0.1, -0.05) is 13.0 Å². The number of hydrogen-bond donors (Lipinski definition) is 2. The molecule has 0 fully saturated rings. The van der Waals surface area contributed by atoms with Crippen molar-refractivity contribution in [3.8, 4) is 0 Å². The third-order valence-electron chi connectivity index (χ3n) is 3.94. The van der Waals surface area contributed by atoms with E-state index in [1.807, 2.05) is 0 Å². The standard InChI is InChI=1S/C16H19F6NO2/c1-9(6-11(8-23)14(24)25)2-3-10-4-5-12(15(17,18)19)13(7-10)16(20,21)22/h4-5,7,9,11H,2-3,6,8,23H2,1H3,(H,24,25). The fourth-order valence-electron chi connectivity index (χ4n) is 2.54. The van der Waals surface area contributed by atoms with Gasteiger partial charge in [-0.25, -0.2) is 0 Å². The van der Waals surface area contributed by atoms with Crippen LogP contribution in [-0.2, 0) is 23.6 Å². The lowest BCUT2D eigenvalue weighted by atomic mass is 9.90. The summed E-state index contributed by atoms with van der Waals surface area (Å²) in [5, 5.41) is 8.93. The number of rotatable bonds is 7. The normalized spacial score (nSPS) is 15.0. The maximum absolute atomic E-state index is 12.9. The molecule has 0 aliphatic heterocycles. The number of alkyl halides is 6. The molecule has 0 aliphatic carbocycles. The summed E-state index contributed by atoms with van der Waals surface area (Å²) >= 11 is 0. The molecule has 0 aliphatic rings. The second-order valence-electron chi connectivity index (χ2n) is 6.03. The Morgan fingerprint density at radius 3 is 2.12 bits per heavy atom. The van der Waals surface area contributed by atoms with Gasteiger partial charge in [0.25, 0.3) is 0 Å². The van der Waals surface area contributed by atoms with Gasteiger partial charge in [-0.05, 0) is 42.9 Å². The highest BCUT2D eigenvalue weighted by molar-refractivity contribution is 5.70. The summed E-state index contributed by atoms with van der Waals surface area (Å²) in [6, 6.07) is 1.96. The number of nitrogens with two attached hydrogens (primary N) is 1. The number of carbonyl (C=O) groups is 1. The Labute approximate surface area is 140 Å². The van der Waals surface area contributed by atoms with Gasteiger partial charge in [-0.15, -0.1) is 0 Å². The average Bonchev–Trinajstić information content (AvgIpc) is 2.48. The zero-order valence-corrected chi connectivity index (χ0v) is 13.4. The van der Waals surface area contributed by atoms with E-state index in [0.29, 0.717) is 18.6 Å². The molecule has 1 aromatic carbocycles. The van der Waals surface area contributed by atoms with Gasteiger partial charge >= 0.3 is 18.3 Å². The third-order valence-corrected chi connectivity index (χ3v) is 3.94. The number of aryl methyl sites for hydroxylation is 1. The summed E-state index contributed by atoms with van der Waals surface area (Å²) in [5.74, 6) is -1.96. The zero-order chi connectivity index (χ0) is 19.4. The van der Waals surface area contributed by atoms with Crippen molar-refractivity contribution in [1.82, 2.24) is 0 Å². The zero-order valence-electron chi connectivity index (χ0n) is 13.4. The van der Waals surface area contributed by atoms with Gasteiger partial charge in [-0.2, -0.15) is 26.3 Å². The Balaban J connectivity index is 2.89. The summed E-state index contributed by atoms with van der Waals surface area (Å²) in [6.45, 7) is 1.67. The average molecular weight is 371 g/mol. The predicted octanol–water partition coefficient (Wildman–Crippen LogP) is 4.34. The van der Waals surface area contributed by atoms with Crippen LogP contribution in [0.3, 0.4) is 0 Å². The molecule has 3 N–H and O–H groups in total. The van der Waals surface area contributed by atoms with Crippen LogP contribution in [0, 0.1) is 11.8 Å². The summed E-state index contributed by atoms with van der Waals surface area (Å²) in [4.78, 5) is 10.9. The molecule has 1 aromatic rings. The van der Waals surface area contributed by atoms with Crippen molar-refractivity contribution >= 4 is 5.97 Å². The lowest BCUT2D eigenvalue weighted by Crippen LogP contribution is -2.25. The molecule has 1 rings (SSSR count). The van der Waals surface area contributed by atoms with E-state index in [1.54, 1.807) is 6.92 Å². The molecule has 25 heavy (non-hydrogen) atoms. The Kier molecular flexibility index (Phi) is 6.87. The van der Waals surface area contributed by atoms with Crippen LogP contribution < -0.4 is 5.73 Å². The van der Waals surface area contributed by atoms with Gasteiger partial charge in [0.1, 0.15) is 0 Å². The van der Waals surface area contributed by atoms with Gasteiger partial charge in [0, 0.05) is 6.54 Å². The van der Waals surface area contributed by atoms with Crippen LogP contribution in [0.1, 0.15) is 36.5 Å². The second kappa shape index (κ2) is 8.07. The highest BCUT2D eigenvalue weighted by atomic mass is 19.4. The van der Waals surface area contributed by atoms with Crippen molar-refractivity contribution in [1.29, 1.82) is 0 Å². The summed E-state index contributed by atoms with van der Waals surface area (Å²) in [6.07, 6.45) is -9.50. The largest absolute Gasteiger partial charge is 0.481 e. The van der Waals surface area contributed by atoms with Crippen molar-refractivity contribution in [2.75, 3.05) is 6.54 Å². The van der Waals surface area contributed by atoms with Crippen LogP contribution in [0.2, 0.25) is 0 Å². The lowest BCUT2D eigenvalue weighted by Gasteiger charge is -2.18. The number of halogens is 6. The minimum atomic E-state index is -5.11. The van der Waals surface area contributed by atoms with E-state index >= 15 is 0 Å². The molecule has 0 aromatic heterocycles. The molecule has 2 atom stereocenters. The summed E-state index contributed by atoms with van der Waals surface area (Å²) in [7, 11) is 0. The topological polar surface area (TPSA) is 63.3 Å². The van der Waals surface area contributed by atoms with Gasteiger partial charge in [0.05, 0.1) is 17.0 Å². The molecule has 0 amide bonds. The quantitative estimate of drug-likeness (QED) is 0.701. The van der Waals surface area contributed by atoms with E-state index in [0.717, 1.165) is 6.07 Å². The number of benzene rings is 1. The van der Waals surface area contributed by atoms with Gasteiger partial charge in [0.2, 0.25) is 0 Å². The predicted molar refractivity (Wildman–Crippen MR) is 78.7 cm³/mol. The van der Waals surface area contributed by atoms with Crippen molar-refractivity contribution in [3.05, 3.63) is 34.9 Å². The smallest absolute Gasteiger partial charge is 0.417 e. The monoisotopic (exact) mass is 371 g/mol. The molecule has 0 radical (unpaired) electrons. The Hall–Kier alpha value is -1.77. The number of carboxylic acid groups (broad SMARTS) is 1. The first kappa shape index (κ1) is 21.3. The summed E-state index contributed by atoms with van der Waals surface area (Å²) in [5.41, 5.74) is 2.03. The molecule has 0 saturated heterocycles. The first-order valence-corrected chi connectivity index (χ1v) is 7.56. The van der Waals surface area contributed by atoms with Gasteiger partial charge in [-0.3, -0.25) is 4.79 Å². The van der Waals surface area contributed by atoms with E-state index in [1.165, 1.54) is 0 Å². The van der Waals surface area contributed by atoms with Crippen molar-refractivity contribution in [2.45, 2.75) is 38.5 Å². The SMILES string of the molecule is CC(CCc1ccc(C(F)(F)F)c(C(F)(F)F)c1)CC(CN)C(=O)O. The van der Waals surface area contributed by atoms with Crippen LogP contribution in [0.15, 0.2) is 18.2 Å². The molecule has 3 nitrogen and oxygen atoms in total. The van der Waals surface area contributed by atoms with E-state index in [-0.39, 0.29) is 30.9 Å². The van der Waals surface area contributed by atoms with Crippen molar-refractivity contribution in [2.24, 2.45) is 17.6 Å².